The van der Waals surface area contributed by atoms with E-state index in [-0.39, 0.29) is 52.3 Å². The van der Waals surface area contributed by atoms with Gasteiger partial charge < -0.3 is 15.6 Å². The van der Waals surface area contributed by atoms with E-state index in [4.69, 9.17) is 22.1 Å². The molecule has 230 valence electrons. The van der Waals surface area contributed by atoms with Gasteiger partial charge in [-0.05, 0) is 45.0 Å². The van der Waals surface area contributed by atoms with E-state index in [1.807, 2.05) is 12.1 Å². The van der Waals surface area contributed by atoms with Gasteiger partial charge in [-0.3, -0.25) is 14.3 Å². The molecule has 0 aliphatic heterocycles. The minimum absolute atomic E-state index is 0.000546. The molecule has 6 rings (SSSR count). The van der Waals surface area contributed by atoms with Gasteiger partial charge in [0.15, 0.2) is 0 Å². The number of thiophene rings is 1. The van der Waals surface area contributed by atoms with Gasteiger partial charge in [-0.2, -0.15) is 5.26 Å². The van der Waals surface area contributed by atoms with Crippen LogP contribution in [0.25, 0.3) is 43.5 Å². The second-order valence-electron chi connectivity index (χ2n) is 10.4. The Labute approximate surface area is 269 Å². The number of carboxylic acids is 1. The number of nitrogens with two attached hydrogens (primary N) is 1. The van der Waals surface area contributed by atoms with Crippen molar-refractivity contribution in [3.63, 3.8) is 0 Å². The maximum atomic E-state index is 14.9. The molecule has 0 saturated heterocycles. The van der Waals surface area contributed by atoms with E-state index in [0.29, 0.717) is 49.3 Å². The fourth-order valence-electron chi connectivity index (χ4n) is 5.30. The number of halogens is 2. The van der Waals surface area contributed by atoms with Crippen LogP contribution in [0.15, 0.2) is 46.7 Å². The number of pyridine rings is 3. The fourth-order valence-corrected chi connectivity index (χ4v) is 6.49. The topological polar surface area (TPSA) is 170 Å². The molecule has 0 spiro atoms. The van der Waals surface area contributed by atoms with Crippen LogP contribution in [0.4, 0.5) is 10.2 Å². The average Bonchev–Trinajstić information content (AvgIpc) is 3.43. The number of rotatable bonds is 7. The van der Waals surface area contributed by atoms with Crippen LogP contribution in [0.2, 0.25) is 5.02 Å². The monoisotopic (exact) mass is 655 g/mol. The first-order valence-corrected chi connectivity index (χ1v) is 15.0. The molecule has 3 N–H and O–H groups in total. The number of nitriles is 1. The van der Waals surface area contributed by atoms with Crippen molar-refractivity contribution in [2.75, 3.05) is 12.3 Å². The van der Waals surface area contributed by atoms with E-state index >= 15 is 0 Å². The Hall–Kier alpha value is -5.45. The molecular formula is C32H23ClFN7O4S. The average molecular weight is 656 g/mol. The van der Waals surface area contributed by atoms with Crippen molar-refractivity contribution in [3.05, 3.63) is 91.4 Å². The van der Waals surface area contributed by atoms with E-state index in [1.54, 1.807) is 44.4 Å². The quantitative estimate of drug-likeness (QED) is 0.205. The van der Waals surface area contributed by atoms with Crippen molar-refractivity contribution in [3.8, 4) is 34.2 Å². The van der Waals surface area contributed by atoms with Crippen LogP contribution in [0, 0.1) is 37.9 Å². The molecule has 0 bridgehead atoms. The van der Waals surface area contributed by atoms with Crippen LogP contribution in [-0.2, 0) is 6.54 Å². The van der Waals surface area contributed by atoms with Gasteiger partial charge in [0.25, 0.3) is 5.56 Å². The second-order valence-corrected chi connectivity index (χ2v) is 11.7. The maximum absolute atomic E-state index is 14.9. The van der Waals surface area contributed by atoms with Gasteiger partial charge in [-0.15, -0.1) is 11.3 Å². The van der Waals surface area contributed by atoms with Crippen molar-refractivity contribution in [1.29, 1.82) is 5.26 Å². The lowest BCUT2D eigenvalue weighted by Crippen LogP contribution is -2.27. The zero-order chi connectivity index (χ0) is 32.9. The van der Waals surface area contributed by atoms with E-state index in [0.717, 1.165) is 6.07 Å². The summed E-state index contributed by atoms with van der Waals surface area (Å²) in [6.45, 7) is 5.14. The third-order valence-corrected chi connectivity index (χ3v) is 8.63. The molecule has 0 unspecified atom stereocenters. The highest BCUT2D eigenvalue weighted by atomic mass is 35.5. The summed E-state index contributed by atoms with van der Waals surface area (Å²) in [6.07, 6.45) is 1.17. The van der Waals surface area contributed by atoms with Crippen LogP contribution in [0.3, 0.4) is 0 Å². The highest BCUT2D eigenvalue weighted by Crippen LogP contribution is 2.40. The van der Waals surface area contributed by atoms with Crippen molar-refractivity contribution >= 4 is 55.8 Å². The van der Waals surface area contributed by atoms with E-state index < -0.39 is 17.3 Å². The van der Waals surface area contributed by atoms with E-state index in [9.17, 15) is 24.3 Å². The molecule has 14 heteroatoms. The molecule has 0 atom stereocenters. The van der Waals surface area contributed by atoms with Crippen molar-refractivity contribution in [2.45, 2.75) is 27.3 Å². The SMILES string of the molecule is Cc1cc(-c2cc(Cl)ccc2OCCn2c(C)nc3c(C)nc(-c4cnc(N)cc4F)c(C#N)c3c2=O)c2scc(C(=O)O)c2n1. The number of aromatic nitrogens is 5. The summed E-state index contributed by atoms with van der Waals surface area (Å²) in [7, 11) is 0. The Morgan fingerprint density at radius 3 is 2.63 bits per heavy atom. The first-order valence-electron chi connectivity index (χ1n) is 13.8. The predicted octanol–water partition coefficient (Wildman–Crippen LogP) is 6.08. The third-order valence-electron chi connectivity index (χ3n) is 7.40. The fraction of sp³-hybridized carbons (Fsp3) is 0.156. The largest absolute Gasteiger partial charge is 0.491 e. The normalized spacial score (nSPS) is 11.2. The summed E-state index contributed by atoms with van der Waals surface area (Å²) in [6, 6.07) is 9.95. The lowest BCUT2D eigenvalue weighted by atomic mass is 10.0. The molecule has 1 aromatic carbocycles. The van der Waals surface area contributed by atoms with Crippen molar-refractivity contribution in [1.82, 2.24) is 24.5 Å². The predicted molar refractivity (Wildman–Crippen MR) is 173 cm³/mol. The highest BCUT2D eigenvalue weighted by molar-refractivity contribution is 7.18. The Morgan fingerprint density at radius 2 is 1.91 bits per heavy atom. The number of aryl methyl sites for hydroxylation is 3. The van der Waals surface area contributed by atoms with Gasteiger partial charge in [0.05, 0.1) is 50.2 Å². The number of nitrogens with zero attached hydrogens (tertiary/aromatic N) is 6. The van der Waals surface area contributed by atoms with Gasteiger partial charge in [0, 0.05) is 39.5 Å². The first-order chi connectivity index (χ1) is 22.0. The number of nitrogen functional groups attached to an aromatic ring is 1. The zero-order valence-electron chi connectivity index (χ0n) is 24.6. The molecule has 0 amide bonds. The van der Waals surface area contributed by atoms with E-state index in [1.165, 1.54) is 22.1 Å². The Bertz CT molecular complexity index is 2350. The standard InChI is InChI=1S/C32H23ClFN7O4S/c1-14-8-19(30-29(38-14)22(13-46-30)32(43)44)18-9-17(33)4-5-24(18)45-7-6-41-16(3)40-27-15(2)39-28(20(11-35)26(27)31(41)42)21-12-37-25(36)10-23(21)34/h4-5,8-10,12-13H,6-7H2,1-3H3,(H2,36,37)(H,43,44). The number of ether oxygens (including phenoxy) is 1. The van der Waals surface area contributed by atoms with Crippen LogP contribution in [0.5, 0.6) is 5.75 Å². The van der Waals surface area contributed by atoms with Crippen LogP contribution in [-0.4, -0.2) is 42.2 Å². The van der Waals surface area contributed by atoms with Crippen molar-refractivity contribution in [2.24, 2.45) is 0 Å². The third kappa shape index (κ3) is 5.27. The molecular weight excluding hydrogens is 633 g/mol. The lowest BCUT2D eigenvalue weighted by Gasteiger charge is -2.16. The summed E-state index contributed by atoms with van der Waals surface area (Å²) in [5, 5.41) is 21.7. The van der Waals surface area contributed by atoms with Gasteiger partial charge in [-0.1, -0.05) is 11.6 Å². The molecule has 5 aromatic heterocycles. The molecule has 46 heavy (non-hydrogen) atoms. The molecule has 0 aliphatic carbocycles. The number of carbonyl (C=O) groups is 1. The van der Waals surface area contributed by atoms with Crippen LogP contribution >= 0.6 is 22.9 Å². The maximum Gasteiger partial charge on any atom is 0.338 e. The number of carboxylic acid groups (broad SMARTS) is 1. The molecule has 6 aromatic rings. The summed E-state index contributed by atoms with van der Waals surface area (Å²) < 4.78 is 23.1. The summed E-state index contributed by atoms with van der Waals surface area (Å²) in [5.74, 6) is -1.02. The Kier molecular flexibility index (Phi) is 7.85. The number of aromatic carboxylic acids is 1. The smallest absolute Gasteiger partial charge is 0.338 e. The lowest BCUT2D eigenvalue weighted by molar-refractivity contribution is 0.0699. The van der Waals surface area contributed by atoms with Crippen LogP contribution < -0.4 is 16.0 Å². The van der Waals surface area contributed by atoms with Crippen molar-refractivity contribution < 1.29 is 19.0 Å². The number of hydrogen-bond donors (Lipinski definition) is 2. The number of anilines is 1. The second kappa shape index (κ2) is 11.8. The number of hydrogen-bond acceptors (Lipinski definition) is 10. The molecule has 0 radical (unpaired) electrons. The molecule has 0 saturated carbocycles. The molecule has 0 fully saturated rings. The summed E-state index contributed by atoms with van der Waals surface area (Å²) in [5.41, 5.74) is 7.85. The number of fused-ring (bicyclic) bond motifs is 2. The Morgan fingerprint density at radius 1 is 1.13 bits per heavy atom. The molecule has 11 nitrogen and oxygen atoms in total. The Balaban J connectivity index is 1.39. The first kappa shape index (κ1) is 30.6. The van der Waals surface area contributed by atoms with Gasteiger partial charge in [0.2, 0.25) is 0 Å². The molecule has 0 aliphatic rings. The van der Waals surface area contributed by atoms with E-state index in [2.05, 4.69) is 19.9 Å². The highest BCUT2D eigenvalue weighted by Gasteiger charge is 2.23. The summed E-state index contributed by atoms with van der Waals surface area (Å²) >= 11 is 7.63. The summed E-state index contributed by atoms with van der Waals surface area (Å²) in [4.78, 5) is 43.0. The molecule has 5 heterocycles. The zero-order valence-corrected chi connectivity index (χ0v) is 26.1. The minimum Gasteiger partial charge on any atom is -0.491 e. The minimum atomic E-state index is -1.07. The number of benzene rings is 1. The van der Waals surface area contributed by atoms with Gasteiger partial charge >= 0.3 is 5.97 Å². The van der Waals surface area contributed by atoms with Gasteiger partial charge in [-0.25, -0.2) is 24.1 Å². The van der Waals surface area contributed by atoms with Gasteiger partial charge in [0.1, 0.15) is 41.4 Å². The van der Waals surface area contributed by atoms with Crippen LogP contribution in [0.1, 0.15) is 33.1 Å².